The van der Waals surface area contributed by atoms with Crippen molar-refractivity contribution in [2.75, 3.05) is 13.7 Å². The van der Waals surface area contributed by atoms with Crippen molar-refractivity contribution in [3.05, 3.63) is 29.0 Å². The molecule has 10 heteroatoms. The van der Waals surface area contributed by atoms with Crippen LogP contribution >= 0.6 is 23.4 Å². The number of amides is 2. The molecule has 3 N–H and O–H groups in total. The Morgan fingerprint density at radius 1 is 1.32 bits per heavy atom. The number of carbonyl (C=O) groups is 2. The van der Waals surface area contributed by atoms with Crippen LogP contribution in [0.1, 0.15) is 32.6 Å². The Morgan fingerprint density at radius 2 is 2.03 bits per heavy atom. The van der Waals surface area contributed by atoms with Gasteiger partial charge in [-0.2, -0.15) is 0 Å². The third-order valence-electron chi connectivity index (χ3n) is 6.96. The average molecular weight is 469 g/mol. The number of ether oxygens (including phenoxy) is 1. The lowest BCUT2D eigenvalue weighted by atomic mass is 9.44. The Kier molecular flexibility index (Phi) is 5.16. The smallest absolute Gasteiger partial charge is 0.258 e. The van der Waals surface area contributed by atoms with Crippen LogP contribution in [0.15, 0.2) is 18.2 Å². The summed E-state index contributed by atoms with van der Waals surface area (Å²) in [5, 5.41) is 8.72. The van der Waals surface area contributed by atoms with Gasteiger partial charge in [-0.1, -0.05) is 11.6 Å². The van der Waals surface area contributed by atoms with Gasteiger partial charge in [0.25, 0.3) is 5.91 Å². The van der Waals surface area contributed by atoms with Crippen LogP contribution in [0.25, 0.3) is 0 Å². The monoisotopic (exact) mass is 468 g/mol. The zero-order valence-corrected chi connectivity index (χ0v) is 19.0. The Labute approximate surface area is 189 Å². The van der Waals surface area contributed by atoms with Crippen molar-refractivity contribution < 1.29 is 18.7 Å². The number of halogens is 2. The fourth-order valence-electron chi connectivity index (χ4n) is 5.62. The lowest BCUT2D eigenvalue weighted by Crippen LogP contribution is -2.84. The number of fused-ring (bicyclic) bond motifs is 1. The predicted octanol–water partition coefficient (Wildman–Crippen LogP) is 2.05. The van der Waals surface area contributed by atoms with Crippen LogP contribution in [0.3, 0.4) is 0 Å². The molecule has 4 unspecified atom stereocenters. The lowest BCUT2D eigenvalue weighted by molar-refractivity contribution is -0.150. The quantitative estimate of drug-likeness (QED) is 0.593. The number of thioether (sulfide) groups is 1. The lowest BCUT2D eigenvalue weighted by Gasteiger charge is -2.70. The zero-order valence-electron chi connectivity index (χ0n) is 17.4. The zero-order chi connectivity index (χ0) is 22.0. The molecule has 2 aliphatic heterocycles. The molecule has 2 heterocycles. The van der Waals surface area contributed by atoms with Gasteiger partial charge in [-0.15, -0.1) is 11.8 Å². The van der Waals surface area contributed by atoms with Crippen LogP contribution in [-0.2, 0) is 9.59 Å². The van der Waals surface area contributed by atoms with E-state index in [9.17, 15) is 14.0 Å². The Hall–Kier alpha value is -1.55. The summed E-state index contributed by atoms with van der Waals surface area (Å²) in [6.45, 7) is 1.98. The minimum atomic E-state index is -0.585. The third-order valence-corrected chi connectivity index (χ3v) is 8.95. The van der Waals surface area contributed by atoms with E-state index in [1.165, 1.54) is 12.1 Å². The molecule has 4 atom stereocenters. The number of hydrogen-bond acceptors (Lipinski definition) is 6. The summed E-state index contributed by atoms with van der Waals surface area (Å²) in [7, 11) is 2.04. The first-order valence-corrected chi connectivity index (χ1v) is 11.9. The number of rotatable bonds is 6. The highest BCUT2D eigenvalue weighted by molar-refractivity contribution is 8.01. The van der Waals surface area contributed by atoms with Crippen molar-refractivity contribution in [2.24, 2.45) is 5.92 Å². The molecule has 0 spiro atoms. The second-order valence-corrected chi connectivity index (χ2v) is 11.2. The normalized spacial score (nSPS) is 38.1. The topological polar surface area (TPSA) is 82.7 Å². The fourth-order valence-corrected chi connectivity index (χ4v) is 7.38. The molecule has 0 radical (unpaired) electrons. The van der Waals surface area contributed by atoms with E-state index in [0.717, 1.165) is 31.7 Å². The van der Waals surface area contributed by atoms with Crippen LogP contribution in [-0.4, -0.2) is 58.2 Å². The third kappa shape index (κ3) is 3.79. The Balaban J connectivity index is 1.06. The van der Waals surface area contributed by atoms with E-state index >= 15 is 0 Å². The molecule has 5 fully saturated rings. The number of carbonyl (C=O) groups excluding carboxylic acids is 2. The second-order valence-electron chi connectivity index (χ2n) is 9.44. The van der Waals surface area contributed by atoms with Crippen molar-refractivity contribution in [1.82, 2.24) is 21.1 Å². The summed E-state index contributed by atoms with van der Waals surface area (Å²) in [5.74, 6) is 0.0235. The minimum Gasteiger partial charge on any atom is -0.484 e. The largest absolute Gasteiger partial charge is 0.484 e. The van der Waals surface area contributed by atoms with Gasteiger partial charge >= 0.3 is 0 Å². The van der Waals surface area contributed by atoms with Crippen LogP contribution in [0, 0.1) is 11.7 Å². The Morgan fingerprint density at radius 3 is 2.71 bits per heavy atom. The molecular formula is C21H26ClFN4O3S. The molecule has 6 rings (SSSR count). The van der Waals surface area contributed by atoms with Crippen LogP contribution in [0.4, 0.5) is 4.39 Å². The van der Waals surface area contributed by atoms with E-state index in [1.807, 2.05) is 7.05 Å². The average Bonchev–Trinajstić information content (AvgIpc) is 3.21. The first-order valence-electron chi connectivity index (χ1n) is 10.5. The van der Waals surface area contributed by atoms with E-state index in [4.69, 9.17) is 16.3 Å². The molecule has 1 aromatic rings. The van der Waals surface area contributed by atoms with Gasteiger partial charge in [0.15, 0.2) is 6.61 Å². The van der Waals surface area contributed by atoms with Gasteiger partial charge in [0.2, 0.25) is 5.91 Å². The van der Waals surface area contributed by atoms with E-state index in [-0.39, 0.29) is 45.5 Å². The van der Waals surface area contributed by atoms with Gasteiger partial charge in [0.1, 0.15) is 11.6 Å². The molecule has 1 aromatic carbocycles. The highest BCUT2D eigenvalue weighted by Gasteiger charge is 2.69. The minimum absolute atomic E-state index is 0.00965. The van der Waals surface area contributed by atoms with E-state index in [2.05, 4.69) is 28.0 Å². The van der Waals surface area contributed by atoms with Gasteiger partial charge < -0.3 is 15.4 Å². The Bertz CT molecular complexity index is 898. The van der Waals surface area contributed by atoms with Gasteiger partial charge in [0, 0.05) is 36.2 Å². The maximum atomic E-state index is 13.5. The summed E-state index contributed by atoms with van der Waals surface area (Å²) in [6, 6.07) is 4.46. The van der Waals surface area contributed by atoms with Crippen molar-refractivity contribution >= 4 is 35.2 Å². The van der Waals surface area contributed by atoms with Crippen molar-refractivity contribution in [2.45, 2.75) is 60.4 Å². The summed E-state index contributed by atoms with van der Waals surface area (Å²) in [5.41, 5.74) is 2.98. The number of nitrogens with zero attached hydrogens (tertiary/aromatic N) is 1. The maximum Gasteiger partial charge on any atom is 0.258 e. The molecular weight excluding hydrogens is 443 g/mol. The first-order chi connectivity index (χ1) is 14.7. The van der Waals surface area contributed by atoms with Gasteiger partial charge in [-0.25, -0.2) is 9.40 Å². The SMILES string of the molecule is CC1NN(C)C2SC(C(=O)NC34CC(NC(=O)COc5ccc(Cl)c(F)c5)(C3)C4)CC12. The van der Waals surface area contributed by atoms with Crippen molar-refractivity contribution in [3.63, 3.8) is 0 Å². The summed E-state index contributed by atoms with van der Waals surface area (Å²) in [6.07, 6.45) is 3.12. The molecule has 0 aromatic heterocycles. The summed E-state index contributed by atoms with van der Waals surface area (Å²) >= 11 is 7.38. The van der Waals surface area contributed by atoms with E-state index in [1.54, 1.807) is 11.8 Å². The van der Waals surface area contributed by atoms with Crippen LogP contribution in [0.5, 0.6) is 5.75 Å². The van der Waals surface area contributed by atoms with Crippen molar-refractivity contribution in [1.29, 1.82) is 0 Å². The fraction of sp³-hybridized carbons (Fsp3) is 0.619. The molecule has 3 aliphatic carbocycles. The molecule has 7 nitrogen and oxygen atoms in total. The van der Waals surface area contributed by atoms with E-state index in [0.29, 0.717) is 17.3 Å². The predicted molar refractivity (Wildman–Crippen MR) is 116 cm³/mol. The number of hydrazine groups is 1. The maximum absolute atomic E-state index is 13.5. The number of nitrogens with one attached hydrogen (secondary N) is 3. The molecule has 3 saturated carbocycles. The highest BCUT2D eigenvalue weighted by Crippen LogP contribution is 2.60. The summed E-state index contributed by atoms with van der Waals surface area (Å²) in [4.78, 5) is 25.1. The van der Waals surface area contributed by atoms with Crippen LogP contribution in [0.2, 0.25) is 5.02 Å². The molecule has 2 amide bonds. The highest BCUT2D eigenvalue weighted by atomic mass is 35.5. The van der Waals surface area contributed by atoms with Gasteiger partial charge in [-0.05, 0) is 44.7 Å². The van der Waals surface area contributed by atoms with E-state index < -0.39 is 5.82 Å². The molecule has 31 heavy (non-hydrogen) atoms. The van der Waals surface area contributed by atoms with Gasteiger partial charge in [-0.3, -0.25) is 15.0 Å². The van der Waals surface area contributed by atoms with Crippen molar-refractivity contribution in [3.8, 4) is 5.75 Å². The molecule has 2 saturated heterocycles. The molecule has 168 valence electrons. The standard InChI is InChI=1S/C21H26ClFN4O3S/c1-11-13-6-16(31-19(13)27(2)26-11)18(29)25-21-8-20(9-21,10-21)24-17(28)7-30-12-3-4-14(22)15(23)5-12/h3-5,11,13,16,19,26H,6-10H2,1-2H3,(H,24,28)(H,25,29). The second kappa shape index (κ2) is 7.50. The van der Waals surface area contributed by atoms with Crippen LogP contribution < -0.4 is 20.8 Å². The van der Waals surface area contributed by atoms with Gasteiger partial charge in [0.05, 0.1) is 15.6 Å². The molecule has 5 aliphatic rings. The number of benzene rings is 1. The summed E-state index contributed by atoms with van der Waals surface area (Å²) < 4.78 is 18.8. The first kappa shape index (κ1) is 21.3. The molecule has 2 bridgehead atoms. The number of hydrogen-bond donors (Lipinski definition) is 3.